The highest BCUT2D eigenvalue weighted by atomic mass is 16.5. The largest absolute Gasteiger partial charge is 0.832 e. The molecule has 0 atom stereocenters. The van der Waals surface area contributed by atoms with Crippen LogP contribution in [0.15, 0.2) is 97.2 Å². The van der Waals surface area contributed by atoms with E-state index in [0.717, 1.165) is 13.0 Å². The molecule has 0 saturated heterocycles. The molecule has 0 radical (unpaired) electrons. The van der Waals surface area contributed by atoms with Crippen molar-refractivity contribution < 1.29 is 19.6 Å². The van der Waals surface area contributed by atoms with Crippen LogP contribution >= 0.6 is 0 Å². The molecule has 258 valence electrons. The van der Waals surface area contributed by atoms with Crippen LogP contribution in [0.2, 0.25) is 0 Å². The molecule has 0 amide bonds. The Balaban J connectivity index is 0.00000148. The number of hydrogen-bond donors (Lipinski definition) is 2. The van der Waals surface area contributed by atoms with Crippen LogP contribution in [-0.4, -0.2) is 17.4 Å². The predicted octanol–water partition coefficient (Wildman–Crippen LogP) is 10.1. The van der Waals surface area contributed by atoms with E-state index in [2.05, 4.69) is 116 Å². The highest BCUT2D eigenvalue weighted by Crippen LogP contribution is 2.41. The molecule has 4 nitrogen and oxygen atoms in total. The van der Waals surface area contributed by atoms with E-state index in [-0.39, 0.29) is 0 Å². The summed E-state index contributed by atoms with van der Waals surface area (Å²) in [7, 11) is -2.42. The lowest BCUT2D eigenvalue weighted by atomic mass is 9.86. The van der Waals surface area contributed by atoms with Gasteiger partial charge in [-0.25, -0.2) is 4.57 Å². The molecule has 0 unspecified atom stereocenters. The number of rotatable bonds is 21. The maximum absolute atomic E-state index is 8.64. The molecule has 5 heteroatoms. The number of aryl methyl sites for hydroxylation is 1. The van der Waals surface area contributed by atoms with E-state index >= 15 is 0 Å². The summed E-state index contributed by atoms with van der Waals surface area (Å²) in [5, 5.41) is 22.8. The minimum absolute atomic E-state index is 1.07. The highest BCUT2D eigenvalue weighted by molar-refractivity contribution is 6.28. The first-order valence-electron chi connectivity index (χ1n) is 18.8. The maximum atomic E-state index is 8.64. The third-order valence-electron chi connectivity index (χ3n) is 9.17. The number of nitrogens with zero attached hydrogens (tertiary/aromatic N) is 1. The zero-order valence-corrected chi connectivity index (χ0v) is 29.8. The highest BCUT2D eigenvalue weighted by Gasteiger charge is 2.26. The fraction of sp³-hybridized carbons (Fsp3) is 0.465. The van der Waals surface area contributed by atoms with Crippen LogP contribution in [0.5, 0.6) is 0 Å². The fourth-order valence-electron chi connectivity index (χ4n) is 6.66. The molecule has 1 heterocycles. The van der Waals surface area contributed by atoms with E-state index in [1.165, 1.54) is 142 Å². The number of benzene rings is 3. The summed E-state index contributed by atoms with van der Waals surface area (Å²) in [6.07, 6.45) is 25.6. The molecule has 4 rings (SSSR count). The monoisotopic (exact) mass is 649 g/mol. The maximum Gasteiger partial charge on any atom is 0.339 e. The lowest BCUT2D eigenvalue weighted by molar-refractivity contribution is -0.703. The van der Waals surface area contributed by atoms with Gasteiger partial charge in [0, 0.05) is 18.4 Å². The van der Waals surface area contributed by atoms with Gasteiger partial charge in [-0.15, -0.1) is 0 Å². The topological polar surface area (TPSA) is 67.4 Å². The summed E-state index contributed by atoms with van der Waals surface area (Å²) in [4.78, 5) is 0. The predicted molar refractivity (Wildman–Crippen MR) is 202 cm³/mol. The zero-order chi connectivity index (χ0) is 34.2. The van der Waals surface area contributed by atoms with E-state index in [1.54, 1.807) is 0 Å². The van der Waals surface area contributed by atoms with E-state index in [9.17, 15) is 0 Å². The minimum Gasteiger partial charge on any atom is -0.832 e. The molecule has 3 aromatic carbocycles. The zero-order valence-electron chi connectivity index (χ0n) is 29.8. The molecule has 0 fully saturated rings. The molecule has 0 aliphatic rings. The van der Waals surface area contributed by atoms with Gasteiger partial charge in [0.1, 0.15) is 6.54 Å². The van der Waals surface area contributed by atoms with Gasteiger partial charge in [0.05, 0.1) is 11.1 Å². The normalized spacial score (nSPS) is 10.9. The van der Waals surface area contributed by atoms with Gasteiger partial charge in [0.25, 0.3) is 0 Å². The quantitative estimate of drug-likeness (QED) is 0.0536. The number of hydrogen-bond acceptors (Lipinski definition) is 3. The van der Waals surface area contributed by atoms with Crippen LogP contribution in [0.1, 0.15) is 122 Å². The van der Waals surface area contributed by atoms with Crippen LogP contribution in [0.25, 0.3) is 33.4 Å². The lowest BCUT2D eigenvalue weighted by Gasteiger charge is -2.19. The van der Waals surface area contributed by atoms with Crippen molar-refractivity contribution in [1.82, 2.24) is 0 Å². The van der Waals surface area contributed by atoms with E-state index < -0.39 is 7.32 Å². The molecule has 0 spiro atoms. The number of pyridine rings is 1. The summed E-state index contributed by atoms with van der Waals surface area (Å²) < 4.78 is 2.61. The summed E-state index contributed by atoms with van der Waals surface area (Å²) in [5.74, 6) is 0. The Morgan fingerprint density at radius 1 is 0.500 bits per heavy atom. The first-order valence-corrected chi connectivity index (χ1v) is 18.8. The number of unbranched alkanes of at least 4 members (excludes halogenated alkanes) is 14. The summed E-state index contributed by atoms with van der Waals surface area (Å²) in [6.45, 7) is 5.68. The summed E-state index contributed by atoms with van der Waals surface area (Å²) in [5.41, 5.74) is 9.54. The second kappa shape index (κ2) is 24.0. The fourth-order valence-corrected chi connectivity index (χ4v) is 6.66. The second-order valence-corrected chi connectivity index (χ2v) is 13.1. The van der Waals surface area contributed by atoms with Gasteiger partial charge in [-0.05, 0) is 23.1 Å². The molecule has 0 bridgehead atoms. The Kier molecular flexibility index (Phi) is 19.6. The van der Waals surface area contributed by atoms with Gasteiger partial charge in [-0.1, -0.05) is 195 Å². The van der Waals surface area contributed by atoms with Gasteiger partial charge in [0.2, 0.25) is 0 Å². The molecule has 0 saturated carbocycles. The smallest absolute Gasteiger partial charge is 0.339 e. The first kappa shape index (κ1) is 39.2. The second-order valence-electron chi connectivity index (χ2n) is 13.1. The Morgan fingerprint density at radius 3 is 1.31 bits per heavy atom. The lowest BCUT2D eigenvalue weighted by Crippen LogP contribution is -2.39. The third-order valence-corrected chi connectivity index (χ3v) is 9.17. The van der Waals surface area contributed by atoms with Crippen LogP contribution in [0, 0.1) is 0 Å². The SMILES string of the molecule is CCCCCCCCCCCCCCCCc1c(-c2ccccc2)c(-c2ccccc2)c(-c2ccccc2)c[n+]1CCCC.[O-]B(O)O. The Bertz CT molecular complexity index is 1380. The summed E-state index contributed by atoms with van der Waals surface area (Å²) >= 11 is 0. The van der Waals surface area contributed by atoms with Crippen molar-refractivity contribution in [3.63, 3.8) is 0 Å². The molecular weight excluding hydrogens is 589 g/mol. The van der Waals surface area contributed by atoms with Gasteiger partial charge in [0.15, 0.2) is 11.9 Å². The molecule has 4 aromatic rings. The van der Waals surface area contributed by atoms with Crippen molar-refractivity contribution in [3.05, 3.63) is 103 Å². The van der Waals surface area contributed by atoms with Crippen molar-refractivity contribution in [2.45, 2.75) is 130 Å². The van der Waals surface area contributed by atoms with Crippen LogP contribution in [0.3, 0.4) is 0 Å². The average molecular weight is 650 g/mol. The van der Waals surface area contributed by atoms with E-state index in [4.69, 9.17) is 15.1 Å². The van der Waals surface area contributed by atoms with Crippen molar-refractivity contribution >= 4 is 7.32 Å². The van der Waals surface area contributed by atoms with Crippen molar-refractivity contribution in [2.75, 3.05) is 0 Å². The van der Waals surface area contributed by atoms with Gasteiger partial charge < -0.3 is 15.1 Å². The van der Waals surface area contributed by atoms with Gasteiger partial charge >= 0.3 is 7.32 Å². The van der Waals surface area contributed by atoms with E-state index in [0.29, 0.717) is 0 Å². The molecule has 48 heavy (non-hydrogen) atoms. The number of aromatic nitrogens is 1. The van der Waals surface area contributed by atoms with Crippen LogP contribution < -0.4 is 9.59 Å². The first-order chi connectivity index (χ1) is 23.6. The van der Waals surface area contributed by atoms with E-state index in [1.807, 2.05) is 0 Å². The Labute approximate surface area is 292 Å². The molecule has 0 aliphatic heterocycles. The van der Waals surface area contributed by atoms with Gasteiger partial charge in [-0.2, -0.15) is 0 Å². The standard InChI is InChI=1S/C43H58N.BH2O3/c1-3-5-7-8-9-10-11-12-13-14-15-16-17-27-34-41-43(39-32-25-20-26-33-39)42(38-30-23-19-24-31-38)40(36-44(41)35-6-4-2)37-28-21-18-22-29-37;2-1(3)4/h18-26,28-33,36H,3-17,27,34-35H2,1-2H3;2-3H/q+1;-1. The van der Waals surface area contributed by atoms with Crippen LogP contribution in [0.4, 0.5) is 0 Å². The van der Waals surface area contributed by atoms with Crippen molar-refractivity contribution in [2.24, 2.45) is 0 Å². The van der Waals surface area contributed by atoms with Crippen molar-refractivity contribution in [3.8, 4) is 33.4 Å². The molecule has 2 N–H and O–H groups in total. The average Bonchev–Trinajstić information content (AvgIpc) is 3.11. The summed E-state index contributed by atoms with van der Waals surface area (Å²) in [6, 6.07) is 33.3. The molecule has 0 aliphatic carbocycles. The van der Waals surface area contributed by atoms with Crippen molar-refractivity contribution in [1.29, 1.82) is 0 Å². The minimum atomic E-state index is -2.42. The molecule has 1 aromatic heterocycles. The van der Waals surface area contributed by atoms with Gasteiger partial charge in [-0.3, -0.25) is 0 Å². The Morgan fingerprint density at radius 2 is 0.875 bits per heavy atom. The van der Waals surface area contributed by atoms with Crippen LogP contribution in [-0.2, 0) is 13.0 Å². The molecular formula is C43H60BNO3. The Hall–Kier alpha value is -3.25. The third kappa shape index (κ3) is 14.1.